The van der Waals surface area contributed by atoms with Gasteiger partial charge in [-0.15, -0.1) is 0 Å². The van der Waals surface area contributed by atoms with Crippen LogP contribution in [0.3, 0.4) is 0 Å². The summed E-state index contributed by atoms with van der Waals surface area (Å²) in [5.74, 6) is 1.77. The predicted octanol–water partition coefficient (Wildman–Crippen LogP) is 3.38. The highest BCUT2D eigenvalue weighted by Crippen LogP contribution is 2.43. The minimum Gasteiger partial charge on any atom is -0.375 e. The van der Waals surface area contributed by atoms with Gasteiger partial charge in [0, 0.05) is 6.61 Å². The third kappa shape index (κ3) is 1.90. The van der Waals surface area contributed by atoms with Crippen molar-refractivity contribution in [2.24, 2.45) is 11.8 Å². The minimum atomic E-state index is 0.327. The topological polar surface area (TPSA) is 9.23 Å². The highest BCUT2D eigenvalue weighted by Gasteiger charge is 2.40. The molecule has 0 aromatic carbocycles. The third-order valence-electron chi connectivity index (χ3n) is 3.99. The van der Waals surface area contributed by atoms with Gasteiger partial charge in [0.25, 0.3) is 0 Å². The maximum atomic E-state index is 6.01. The van der Waals surface area contributed by atoms with Crippen LogP contribution < -0.4 is 0 Å². The first kappa shape index (κ1) is 9.51. The van der Waals surface area contributed by atoms with E-state index in [0.29, 0.717) is 5.60 Å². The highest BCUT2D eigenvalue weighted by atomic mass is 16.5. The van der Waals surface area contributed by atoms with Gasteiger partial charge in [-0.05, 0) is 37.5 Å². The average Bonchev–Trinajstić information content (AvgIpc) is 2.53. The molecule has 0 N–H and O–H groups in total. The quantitative estimate of drug-likeness (QED) is 0.604. The lowest BCUT2D eigenvalue weighted by molar-refractivity contribution is -0.0994. The van der Waals surface area contributed by atoms with Crippen molar-refractivity contribution in [2.45, 2.75) is 58.0 Å². The largest absolute Gasteiger partial charge is 0.375 e. The van der Waals surface area contributed by atoms with Crippen LogP contribution in [0.2, 0.25) is 0 Å². The Labute approximate surface area is 81.9 Å². The molecule has 0 radical (unpaired) electrons. The Bertz CT molecular complexity index is 168. The molecule has 1 nitrogen and oxygen atoms in total. The van der Waals surface area contributed by atoms with Crippen molar-refractivity contribution in [3.63, 3.8) is 0 Å². The fourth-order valence-corrected chi connectivity index (χ4v) is 3.00. The van der Waals surface area contributed by atoms with Crippen molar-refractivity contribution in [2.75, 3.05) is 6.61 Å². The van der Waals surface area contributed by atoms with Crippen LogP contribution in [0.1, 0.15) is 52.4 Å². The molecule has 1 spiro atoms. The van der Waals surface area contributed by atoms with Gasteiger partial charge in [-0.2, -0.15) is 0 Å². The van der Waals surface area contributed by atoms with Gasteiger partial charge < -0.3 is 4.74 Å². The standard InChI is InChI=1S/C12H22O/c1-10(2)11-5-8-13-12(9-11)6-3-4-7-12/h10-11H,3-9H2,1-2H3. The van der Waals surface area contributed by atoms with Gasteiger partial charge in [0.05, 0.1) is 5.60 Å². The summed E-state index contributed by atoms with van der Waals surface area (Å²) in [6, 6.07) is 0. The van der Waals surface area contributed by atoms with E-state index in [2.05, 4.69) is 13.8 Å². The molecule has 0 bridgehead atoms. The molecule has 2 aliphatic rings. The van der Waals surface area contributed by atoms with Crippen molar-refractivity contribution >= 4 is 0 Å². The molecule has 0 aromatic rings. The Morgan fingerprint density at radius 3 is 2.54 bits per heavy atom. The van der Waals surface area contributed by atoms with Crippen LogP contribution in [0.5, 0.6) is 0 Å². The lowest BCUT2D eigenvalue weighted by atomic mass is 9.79. The average molecular weight is 182 g/mol. The lowest BCUT2D eigenvalue weighted by Gasteiger charge is -2.39. The molecule has 1 saturated heterocycles. The normalized spacial score (nSPS) is 33.0. The van der Waals surface area contributed by atoms with E-state index >= 15 is 0 Å². The second kappa shape index (κ2) is 3.61. The first-order chi connectivity index (χ1) is 6.22. The molecule has 0 amide bonds. The van der Waals surface area contributed by atoms with Crippen LogP contribution in [0, 0.1) is 11.8 Å². The summed E-state index contributed by atoms with van der Waals surface area (Å²) in [6.07, 6.45) is 8.08. The van der Waals surface area contributed by atoms with Crippen LogP contribution in [-0.2, 0) is 4.74 Å². The van der Waals surface area contributed by atoms with Crippen molar-refractivity contribution < 1.29 is 4.74 Å². The van der Waals surface area contributed by atoms with Crippen LogP contribution in [0.25, 0.3) is 0 Å². The van der Waals surface area contributed by atoms with E-state index in [-0.39, 0.29) is 0 Å². The molecule has 2 rings (SSSR count). The zero-order valence-electron chi connectivity index (χ0n) is 9.01. The molecule has 1 unspecified atom stereocenters. The second-order valence-corrected chi connectivity index (χ2v) is 5.24. The van der Waals surface area contributed by atoms with Crippen LogP contribution in [-0.4, -0.2) is 12.2 Å². The van der Waals surface area contributed by atoms with E-state index in [1.165, 1.54) is 38.5 Å². The van der Waals surface area contributed by atoms with Crippen LogP contribution in [0.15, 0.2) is 0 Å². The van der Waals surface area contributed by atoms with Crippen LogP contribution >= 0.6 is 0 Å². The monoisotopic (exact) mass is 182 g/mol. The predicted molar refractivity (Wildman–Crippen MR) is 54.7 cm³/mol. The summed E-state index contributed by atoms with van der Waals surface area (Å²) in [5.41, 5.74) is 0.327. The fourth-order valence-electron chi connectivity index (χ4n) is 3.00. The molecular formula is C12H22O. The Morgan fingerprint density at radius 2 is 1.92 bits per heavy atom. The number of ether oxygens (including phenoxy) is 1. The molecule has 0 aromatic heterocycles. The zero-order chi connectivity index (χ0) is 9.31. The van der Waals surface area contributed by atoms with E-state index in [9.17, 15) is 0 Å². The number of hydrogen-bond acceptors (Lipinski definition) is 1. The minimum absolute atomic E-state index is 0.327. The van der Waals surface area contributed by atoms with Gasteiger partial charge in [0.15, 0.2) is 0 Å². The third-order valence-corrected chi connectivity index (χ3v) is 3.99. The Hall–Kier alpha value is -0.0400. The second-order valence-electron chi connectivity index (χ2n) is 5.24. The van der Waals surface area contributed by atoms with Crippen molar-refractivity contribution in [3.05, 3.63) is 0 Å². The van der Waals surface area contributed by atoms with Gasteiger partial charge in [0.1, 0.15) is 0 Å². The van der Waals surface area contributed by atoms with E-state index in [0.717, 1.165) is 18.4 Å². The smallest absolute Gasteiger partial charge is 0.0685 e. The van der Waals surface area contributed by atoms with Gasteiger partial charge in [-0.3, -0.25) is 0 Å². The highest BCUT2D eigenvalue weighted by molar-refractivity contribution is 4.91. The van der Waals surface area contributed by atoms with Gasteiger partial charge in [-0.1, -0.05) is 26.7 Å². The molecule has 76 valence electrons. The van der Waals surface area contributed by atoms with Crippen molar-refractivity contribution in [1.82, 2.24) is 0 Å². The fraction of sp³-hybridized carbons (Fsp3) is 1.00. The van der Waals surface area contributed by atoms with Crippen LogP contribution in [0.4, 0.5) is 0 Å². The summed E-state index contributed by atoms with van der Waals surface area (Å²) in [5, 5.41) is 0. The van der Waals surface area contributed by atoms with E-state index in [1.54, 1.807) is 0 Å². The first-order valence-electron chi connectivity index (χ1n) is 5.86. The molecule has 1 aliphatic carbocycles. The summed E-state index contributed by atoms with van der Waals surface area (Å²) in [4.78, 5) is 0. The van der Waals surface area contributed by atoms with Crippen molar-refractivity contribution in [1.29, 1.82) is 0 Å². The Morgan fingerprint density at radius 1 is 1.23 bits per heavy atom. The SMILES string of the molecule is CC(C)C1CCOC2(CCCC2)C1. The lowest BCUT2D eigenvalue weighted by Crippen LogP contribution is -2.38. The Balaban J connectivity index is 1.98. The summed E-state index contributed by atoms with van der Waals surface area (Å²) in [7, 11) is 0. The molecule has 13 heavy (non-hydrogen) atoms. The maximum absolute atomic E-state index is 6.01. The maximum Gasteiger partial charge on any atom is 0.0685 e. The van der Waals surface area contributed by atoms with E-state index in [4.69, 9.17) is 4.74 Å². The molecular weight excluding hydrogens is 160 g/mol. The summed E-state index contributed by atoms with van der Waals surface area (Å²) in [6.45, 7) is 5.74. The molecule has 2 fully saturated rings. The molecule has 1 heterocycles. The summed E-state index contributed by atoms with van der Waals surface area (Å²) < 4.78 is 6.01. The van der Waals surface area contributed by atoms with E-state index < -0.39 is 0 Å². The Kier molecular flexibility index (Phi) is 2.64. The number of hydrogen-bond donors (Lipinski definition) is 0. The molecule has 1 saturated carbocycles. The van der Waals surface area contributed by atoms with Gasteiger partial charge in [-0.25, -0.2) is 0 Å². The molecule has 1 atom stereocenters. The zero-order valence-corrected chi connectivity index (χ0v) is 9.01. The van der Waals surface area contributed by atoms with Crippen molar-refractivity contribution in [3.8, 4) is 0 Å². The summed E-state index contributed by atoms with van der Waals surface area (Å²) >= 11 is 0. The van der Waals surface area contributed by atoms with Gasteiger partial charge >= 0.3 is 0 Å². The number of rotatable bonds is 1. The van der Waals surface area contributed by atoms with E-state index in [1.807, 2.05) is 0 Å². The molecule has 1 heteroatoms. The van der Waals surface area contributed by atoms with Gasteiger partial charge in [0.2, 0.25) is 0 Å². The molecule has 1 aliphatic heterocycles. The first-order valence-corrected chi connectivity index (χ1v) is 5.86.